The number of hydrogen-bond donors (Lipinski definition) is 2. The summed E-state index contributed by atoms with van der Waals surface area (Å²) in [4.78, 5) is 13.3. The van der Waals surface area contributed by atoms with Crippen LogP contribution >= 0.6 is 0 Å². The summed E-state index contributed by atoms with van der Waals surface area (Å²) in [7, 11) is 0. The molecule has 0 unspecified atom stereocenters. The number of ketones is 1. The van der Waals surface area contributed by atoms with Crippen molar-refractivity contribution in [1.29, 1.82) is 0 Å². The first-order valence-corrected chi connectivity index (χ1v) is 9.26. The van der Waals surface area contributed by atoms with Gasteiger partial charge in [-0.05, 0) is 39.8 Å². The summed E-state index contributed by atoms with van der Waals surface area (Å²) >= 11 is 0. The van der Waals surface area contributed by atoms with Gasteiger partial charge in [0.1, 0.15) is 11.5 Å². The summed E-state index contributed by atoms with van der Waals surface area (Å²) in [5.41, 5.74) is 0.411. The van der Waals surface area contributed by atoms with Crippen LogP contribution in [0.15, 0.2) is 24.3 Å². The SMILES string of the molecule is CCOc1cc(C(=O)c2cc(OCC)c(O)cc2OCC)c(OCC)cc1O. The highest BCUT2D eigenvalue weighted by Crippen LogP contribution is 2.39. The molecular formula is C21H26O7. The Morgan fingerprint density at radius 3 is 1.29 bits per heavy atom. The summed E-state index contributed by atoms with van der Waals surface area (Å²) in [6.45, 7) is 8.39. The Hall–Kier alpha value is -3.09. The molecule has 0 bridgehead atoms. The van der Waals surface area contributed by atoms with E-state index in [1.54, 1.807) is 27.7 Å². The second-order valence-corrected chi connectivity index (χ2v) is 5.69. The molecule has 0 saturated carbocycles. The van der Waals surface area contributed by atoms with Gasteiger partial charge in [0.15, 0.2) is 23.0 Å². The first kappa shape index (κ1) is 21.2. The van der Waals surface area contributed by atoms with E-state index in [9.17, 15) is 15.0 Å². The molecule has 7 nitrogen and oxygen atoms in total. The van der Waals surface area contributed by atoms with Gasteiger partial charge in [0.05, 0.1) is 37.6 Å². The molecule has 0 aliphatic rings. The quantitative estimate of drug-likeness (QED) is 0.594. The molecule has 2 N–H and O–H groups in total. The predicted octanol–water partition coefficient (Wildman–Crippen LogP) is 3.92. The molecule has 0 amide bonds. The second-order valence-electron chi connectivity index (χ2n) is 5.69. The number of hydrogen-bond acceptors (Lipinski definition) is 7. The van der Waals surface area contributed by atoms with E-state index in [-0.39, 0.29) is 45.6 Å². The molecule has 0 aromatic heterocycles. The van der Waals surface area contributed by atoms with Gasteiger partial charge in [0.25, 0.3) is 0 Å². The van der Waals surface area contributed by atoms with Crippen LogP contribution in [0.3, 0.4) is 0 Å². The van der Waals surface area contributed by atoms with Gasteiger partial charge in [-0.2, -0.15) is 0 Å². The lowest BCUT2D eigenvalue weighted by Crippen LogP contribution is -2.09. The van der Waals surface area contributed by atoms with Crippen molar-refractivity contribution in [3.05, 3.63) is 35.4 Å². The van der Waals surface area contributed by atoms with Gasteiger partial charge < -0.3 is 29.2 Å². The third-order valence-corrected chi connectivity index (χ3v) is 3.81. The van der Waals surface area contributed by atoms with Gasteiger partial charge in [-0.3, -0.25) is 4.79 Å². The minimum atomic E-state index is -0.409. The van der Waals surface area contributed by atoms with E-state index >= 15 is 0 Å². The molecule has 2 rings (SSSR count). The van der Waals surface area contributed by atoms with E-state index in [1.807, 2.05) is 0 Å². The van der Waals surface area contributed by atoms with E-state index in [1.165, 1.54) is 24.3 Å². The monoisotopic (exact) mass is 390 g/mol. The fourth-order valence-electron chi connectivity index (χ4n) is 2.69. The van der Waals surface area contributed by atoms with E-state index in [0.717, 1.165) is 0 Å². The average molecular weight is 390 g/mol. The Morgan fingerprint density at radius 2 is 0.964 bits per heavy atom. The van der Waals surface area contributed by atoms with E-state index in [4.69, 9.17) is 18.9 Å². The van der Waals surface area contributed by atoms with Crippen molar-refractivity contribution in [2.24, 2.45) is 0 Å². The number of ether oxygens (including phenoxy) is 4. The highest BCUT2D eigenvalue weighted by atomic mass is 16.5. The molecule has 0 aliphatic heterocycles. The van der Waals surface area contributed by atoms with Crippen molar-refractivity contribution in [3.8, 4) is 34.5 Å². The van der Waals surface area contributed by atoms with Crippen molar-refractivity contribution in [3.63, 3.8) is 0 Å². The first-order chi connectivity index (χ1) is 13.5. The van der Waals surface area contributed by atoms with Crippen LogP contribution < -0.4 is 18.9 Å². The second kappa shape index (κ2) is 9.73. The third-order valence-electron chi connectivity index (χ3n) is 3.81. The Morgan fingerprint density at radius 1 is 0.643 bits per heavy atom. The lowest BCUT2D eigenvalue weighted by atomic mass is 10.00. The van der Waals surface area contributed by atoms with Crippen LogP contribution in [0.2, 0.25) is 0 Å². The predicted molar refractivity (Wildman–Crippen MR) is 104 cm³/mol. The molecule has 0 fully saturated rings. The highest BCUT2D eigenvalue weighted by Gasteiger charge is 2.24. The Balaban J connectivity index is 2.63. The third kappa shape index (κ3) is 4.60. The standard InChI is InChI=1S/C21H26O7/c1-5-25-17-11-15(22)19(27-7-3)9-13(17)21(24)14-10-20(28-8-4)16(23)12-18(14)26-6-2/h9-12,22-23H,5-8H2,1-4H3. The van der Waals surface area contributed by atoms with Crippen LogP contribution in [-0.2, 0) is 0 Å². The molecule has 2 aromatic rings. The van der Waals surface area contributed by atoms with Crippen LogP contribution in [0.1, 0.15) is 43.6 Å². The number of carbonyl (C=O) groups excluding carboxylic acids is 1. The summed E-state index contributed by atoms with van der Waals surface area (Å²) in [5, 5.41) is 20.2. The Kier molecular flexibility index (Phi) is 7.37. The zero-order valence-corrected chi connectivity index (χ0v) is 16.6. The molecule has 28 heavy (non-hydrogen) atoms. The number of rotatable bonds is 10. The van der Waals surface area contributed by atoms with Crippen molar-refractivity contribution in [1.82, 2.24) is 0 Å². The molecule has 0 aliphatic carbocycles. The van der Waals surface area contributed by atoms with Crippen LogP contribution in [0.5, 0.6) is 34.5 Å². The highest BCUT2D eigenvalue weighted by molar-refractivity contribution is 6.13. The topological polar surface area (TPSA) is 94.5 Å². The Bertz CT molecular complexity index is 762. The minimum Gasteiger partial charge on any atom is -0.504 e. The first-order valence-electron chi connectivity index (χ1n) is 9.26. The van der Waals surface area contributed by atoms with Crippen LogP contribution in [0.25, 0.3) is 0 Å². The number of carbonyl (C=O) groups is 1. The maximum Gasteiger partial charge on any atom is 0.200 e. The fourth-order valence-corrected chi connectivity index (χ4v) is 2.69. The summed E-state index contributed by atoms with van der Waals surface area (Å²) in [6.07, 6.45) is 0. The van der Waals surface area contributed by atoms with Gasteiger partial charge in [0, 0.05) is 12.1 Å². The molecule has 7 heteroatoms. The number of aromatic hydroxyl groups is 2. The molecule has 0 atom stereocenters. The summed E-state index contributed by atoms with van der Waals surface area (Å²) in [6, 6.07) is 5.59. The normalized spacial score (nSPS) is 10.4. The molecule has 0 spiro atoms. The lowest BCUT2D eigenvalue weighted by Gasteiger charge is -2.16. The zero-order valence-electron chi connectivity index (χ0n) is 16.6. The van der Waals surface area contributed by atoms with Crippen molar-refractivity contribution >= 4 is 5.78 Å². The maximum absolute atomic E-state index is 13.3. The summed E-state index contributed by atoms with van der Waals surface area (Å²) in [5.74, 6) is 0.157. The van der Waals surface area contributed by atoms with E-state index < -0.39 is 5.78 Å². The van der Waals surface area contributed by atoms with Crippen molar-refractivity contribution in [2.45, 2.75) is 27.7 Å². The van der Waals surface area contributed by atoms with Crippen molar-refractivity contribution in [2.75, 3.05) is 26.4 Å². The van der Waals surface area contributed by atoms with Crippen molar-refractivity contribution < 1.29 is 34.0 Å². The number of phenolic OH excluding ortho intramolecular Hbond substituents is 2. The van der Waals surface area contributed by atoms with E-state index in [2.05, 4.69) is 0 Å². The number of benzene rings is 2. The maximum atomic E-state index is 13.3. The van der Waals surface area contributed by atoms with Gasteiger partial charge in [0.2, 0.25) is 5.78 Å². The molecular weight excluding hydrogens is 364 g/mol. The molecule has 152 valence electrons. The van der Waals surface area contributed by atoms with Crippen LogP contribution in [0.4, 0.5) is 0 Å². The Labute approximate surface area is 164 Å². The molecule has 0 radical (unpaired) electrons. The largest absolute Gasteiger partial charge is 0.504 e. The number of phenols is 2. The molecule has 0 heterocycles. The molecule has 0 saturated heterocycles. The zero-order chi connectivity index (χ0) is 20.7. The van der Waals surface area contributed by atoms with Gasteiger partial charge in [-0.15, -0.1) is 0 Å². The molecule has 2 aromatic carbocycles. The van der Waals surface area contributed by atoms with Crippen LogP contribution in [0, 0.1) is 0 Å². The lowest BCUT2D eigenvalue weighted by molar-refractivity contribution is 0.103. The average Bonchev–Trinajstić information content (AvgIpc) is 2.66. The van der Waals surface area contributed by atoms with Crippen LogP contribution in [-0.4, -0.2) is 42.4 Å². The fraction of sp³-hybridized carbons (Fsp3) is 0.381. The van der Waals surface area contributed by atoms with Gasteiger partial charge in [-0.25, -0.2) is 0 Å². The van der Waals surface area contributed by atoms with E-state index in [0.29, 0.717) is 26.4 Å². The summed E-state index contributed by atoms with van der Waals surface area (Å²) < 4.78 is 21.9. The van der Waals surface area contributed by atoms with Gasteiger partial charge >= 0.3 is 0 Å². The smallest absolute Gasteiger partial charge is 0.200 e. The minimum absolute atomic E-state index is 0.118. The van der Waals surface area contributed by atoms with Gasteiger partial charge in [-0.1, -0.05) is 0 Å².